The number of thiocarbonyl (C=S) groups is 1. The number of piperidine rings is 1. The Balaban J connectivity index is 1.86. The van der Waals surface area contributed by atoms with Crippen molar-refractivity contribution in [2.24, 2.45) is 5.92 Å². The number of hydrogen-bond acceptors (Lipinski definition) is 4. The smallest absolute Gasteiger partial charge is 0.308 e. The van der Waals surface area contributed by atoms with Crippen molar-refractivity contribution in [3.8, 4) is 0 Å². The number of carboxylic acid groups (broad SMARTS) is 1. The first-order valence-electron chi connectivity index (χ1n) is 5.21. The average molecular weight is 275 g/mol. The summed E-state index contributed by atoms with van der Waals surface area (Å²) in [6.07, 6.45) is 3.47. The van der Waals surface area contributed by atoms with E-state index in [2.05, 4.69) is 16.4 Å². The van der Waals surface area contributed by atoms with Crippen LogP contribution in [0.2, 0.25) is 0 Å². The number of aliphatic carboxylic acids is 1. The molecule has 0 aromatic rings. The monoisotopic (exact) mass is 275 g/mol. The number of likely N-dealkylation sites (tertiary alicyclic amines) is 1. The first-order chi connectivity index (χ1) is 7.68. The Kier molecular flexibility index (Phi) is 4.16. The molecule has 0 amide bonds. The maximum atomic E-state index is 10.7. The van der Waals surface area contributed by atoms with Crippen LogP contribution in [0.1, 0.15) is 12.8 Å². The van der Waals surface area contributed by atoms with E-state index in [1.165, 1.54) is 0 Å². The van der Waals surface area contributed by atoms with Crippen molar-refractivity contribution in [2.75, 3.05) is 18.8 Å². The number of hydrogen-bond donors (Lipinski definition) is 0. The summed E-state index contributed by atoms with van der Waals surface area (Å²) in [5.74, 6) is -0.156. The minimum Gasteiger partial charge on any atom is -0.550 e. The summed E-state index contributed by atoms with van der Waals surface area (Å²) in [6.45, 7) is 1.52. The van der Waals surface area contributed by atoms with E-state index in [-0.39, 0.29) is 15.8 Å². The molecular formula is C10H13NO2S3. The van der Waals surface area contributed by atoms with Crippen molar-refractivity contribution in [1.82, 2.24) is 4.90 Å². The summed E-state index contributed by atoms with van der Waals surface area (Å²) in [4.78, 5) is 12.9. The summed E-state index contributed by atoms with van der Waals surface area (Å²) >= 11 is 5.44. The highest BCUT2D eigenvalue weighted by Gasteiger charge is 2.34. The quantitative estimate of drug-likeness (QED) is 0.397. The summed E-state index contributed by atoms with van der Waals surface area (Å²) in [7, 11) is 1.90. The van der Waals surface area contributed by atoms with Crippen LogP contribution in [0.15, 0.2) is 11.5 Å². The summed E-state index contributed by atoms with van der Waals surface area (Å²) in [5.41, 5.74) is 0. The third-order valence-electron chi connectivity index (χ3n) is 2.77. The fourth-order valence-electron chi connectivity index (χ4n) is 1.81. The van der Waals surface area contributed by atoms with Crippen LogP contribution in [0.4, 0.5) is 0 Å². The van der Waals surface area contributed by atoms with Crippen LogP contribution in [0.25, 0.3) is 0 Å². The predicted molar refractivity (Wildman–Crippen MR) is 70.9 cm³/mol. The second kappa shape index (κ2) is 5.42. The molecule has 0 bridgehead atoms. The van der Waals surface area contributed by atoms with Gasteiger partial charge in [0.1, 0.15) is 16.2 Å². The second-order valence-electron chi connectivity index (χ2n) is 3.80. The van der Waals surface area contributed by atoms with Gasteiger partial charge in [-0.3, -0.25) is 0 Å². The Morgan fingerprint density at radius 1 is 1.50 bits per heavy atom. The highest BCUT2D eigenvalue weighted by atomic mass is 33.1. The van der Waals surface area contributed by atoms with Crippen molar-refractivity contribution in [1.29, 1.82) is 0 Å². The van der Waals surface area contributed by atoms with Gasteiger partial charge >= 0.3 is 4.32 Å². The molecule has 1 saturated heterocycles. The van der Waals surface area contributed by atoms with E-state index in [1.54, 1.807) is 0 Å². The third kappa shape index (κ3) is 2.73. The highest BCUT2D eigenvalue weighted by molar-refractivity contribution is 8.82. The lowest BCUT2D eigenvalue weighted by Gasteiger charge is -2.31. The molecule has 1 fully saturated rings. The Hall–Kier alpha value is -0.200. The van der Waals surface area contributed by atoms with E-state index in [4.69, 9.17) is 12.2 Å². The maximum Gasteiger partial charge on any atom is 0.308 e. The van der Waals surface area contributed by atoms with Crippen molar-refractivity contribution < 1.29 is 9.90 Å². The molecule has 2 aliphatic heterocycles. The molecule has 2 rings (SSSR count). The molecular weight excluding hydrogens is 262 g/mol. The molecule has 1 atom stereocenters. The normalized spacial score (nSPS) is 26.0. The Morgan fingerprint density at radius 2 is 2.19 bits per heavy atom. The van der Waals surface area contributed by atoms with Gasteiger partial charge in [0.05, 0.1) is 5.75 Å². The van der Waals surface area contributed by atoms with Crippen LogP contribution in [0.3, 0.4) is 0 Å². The summed E-state index contributed by atoms with van der Waals surface area (Å²) in [5, 5.41) is 12.9. The molecule has 0 aromatic carbocycles. The van der Waals surface area contributed by atoms with Crippen LogP contribution < -0.4 is 5.11 Å². The van der Waals surface area contributed by atoms with Crippen LogP contribution in [0.5, 0.6) is 0 Å². The van der Waals surface area contributed by atoms with Crippen LogP contribution in [0, 0.1) is 5.92 Å². The van der Waals surface area contributed by atoms with Crippen LogP contribution >= 0.6 is 23.0 Å². The van der Waals surface area contributed by atoms with Gasteiger partial charge in [-0.15, -0.1) is 0 Å². The molecule has 0 aliphatic carbocycles. The lowest BCUT2D eigenvalue weighted by molar-refractivity contribution is -0.312. The molecule has 0 spiro atoms. The number of nitrogens with zero attached hydrogens (tertiary/aromatic N) is 1. The molecule has 88 valence electrons. The van der Waals surface area contributed by atoms with Crippen molar-refractivity contribution in [3.05, 3.63) is 11.5 Å². The minimum atomic E-state index is -0.914. The van der Waals surface area contributed by atoms with Gasteiger partial charge in [-0.25, -0.2) is 0 Å². The molecule has 2 heterocycles. The van der Waals surface area contributed by atoms with Gasteiger partial charge in [0, 0.05) is 25.0 Å². The van der Waals surface area contributed by atoms with E-state index in [0.29, 0.717) is 12.8 Å². The van der Waals surface area contributed by atoms with Gasteiger partial charge < -0.3 is 14.8 Å². The van der Waals surface area contributed by atoms with Crippen LogP contribution in [-0.2, 0) is 14.7 Å². The zero-order chi connectivity index (χ0) is 11.5. The minimum absolute atomic E-state index is 0.0389. The standard InChI is InChI=1S/C10H13NO2S3/c12-9(13)8-2-4-11(5-3-8)10(14)16-7-1-6-15-16/h1,7-8H,2-6H2. The van der Waals surface area contributed by atoms with E-state index >= 15 is 0 Å². The Labute approximate surface area is 107 Å². The fraction of sp³-hybridized carbons (Fsp3) is 0.600. The van der Waals surface area contributed by atoms with Gasteiger partial charge in [0.15, 0.2) is 9.93 Å². The van der Waals surface area contributed by atoms with Gasteiger partial charge in [0.2, 0.25) is 0 Å². The van der Waals surface area contributed by atoms with E-state index in [1.807, 2.05) is 10.8 Å². The largest absolute Gasteiger partial charge is 0.550 e. The summed E-state index contributed by atoms with van der Waals surface area (Å²) < 4.78 is 0.982. The lowest BCUT2D eigenvalue weighted by atomic mass is 9.98. The maximum absolute atomic E-state index is 10.7. The van der Waals surface area contributed by atoms with Gasteiger partial charge in [0.25, 0.3) is 0 Å². The number of carbonyl (C=O) groups is 1. The summed E-state index contributed by atoms with van der Waals surface area (Å²) in [6, 6.07) is 0. The van der Waals surface area contributed by atoms with Crippen molar-refractivity contribution in [2.45, 2.75) is 12.8 Å². The lowest BCUT2D eigenvalue weighted by Crippen LogP contribution is -2.44. The number of rotatable bonds is 1. The first kappa shape index (κ1) is 12.3. The molecule has 0 N–H and O–H groups in total. The Morgan fingerprint density at radius 3 is 2.69 bits per heavy atom. The van der Waals surface area contributed by atoms with Gasteiger partial charge in [-0.05, 0) is 31.1 Å². The molecule has 6 heteroatoms. The molecule has 16 heavy (non-hydrogen) atoms. The number of carbonyl (C=O) groups excluding carboxylic acids is 1. The molecule has 1 unspecified atom stereocenters. The first-order valence-corrected chi connectivity index (χ1v) is 8.41. The molecule has 0 aromatic heterocycles. The zero-order valence-electron chi connectivity index (χ0n) is 8.76. The molecule has 3 nitrogen and oxygen atoms in total. The molecule has 0 radical (unpaired) electrons. The highest BCUT2D eigenvalue weighted by Crippen LogP contribution is 2.29. The predicted octanol–water partition coefficient (Wildman–Crippen LogP) is 0.527. The number of carboxylic acids is 1. The van der Waals surface area contributed by atoms with Gasteiger partial charge in [-0.2, -0.15) is 0 Å². The van der Waals surface area contributed by atoms with E-state index in [0.717, 1.165) is 23.2 Å². The Bertz CT molecular complexity index is 324. The fourth-order valence-corrected chi connectivity index (χ4v) is 5.81. The topological polar surface area (TPSA) is 43.4 Å². The third-order valence-corrected chi connectivity index (χ3v) is 7.48. The average Bonchev–Trinajstić information content (AvgIpc) is 2.81. The van der Waals surface area contributed by atoms with Crippen LogP contribution in [-0.4, -0.2) is 34.0 Å². The van der Waals surface area contributed by atoms with E-state index < -0.39 is 5.97 Å². The zero-order valence-corrected chi connectivity index (χ0v) is 11.2. The molecule has 0 saturated carbocycles. The van der Waals surface area contributed by atoms with Gasteiger partial charge in [-0.1, -0.05) is 0 Å². The van der Waals surface area contributed by atoms with Crippen molar-refractivity contribution in [3.63, 3.8) is 0 Å². The molecule has 2 aliphatic rings. The van der Waals surface area contributed by atoms with E-state index in [9.17, 15) is 9.90 Å². The SMILES string of the molecule is O=C([O-])C1CCN(C(=S)[S+]2C=CCS2)CC1. The second-order valence-corrected chi connectivity index (χ2v) is 8.05. The van der Waals surface area contributed by atoms with Crippen molar-refractivity contribution >= 4 is 43.2 Å².